The van der Waals surface area contributed by atoms with Gasteiger partial charge >= 0.3 is 0 Å². The van der Waals surface area contributed by atoms with Crippen molar-refractivity contribution in [1.29, 1.82) is 0 Å². The molecule has 0 bridgehead atoms. The third-order valence-electron chi connectivity index (χ3n) is 3.50. The molecule has 6 heteroatoms. The maximum atomic E-state index is 12.0. The van der Waals surface area contributed by atoms with Crippen molar-refractivity contribution in [3.8, 4) is 0 Å². The number of ketones is 1. The second-order valence-corrected chi connectivity index (χ2v) is 4.88. The van der Waals surface area contributed by atoms with Crippen molar-refractivity contribution in [2.45, 2.75) is 25.7 Å². The summed E-state index contributed by atoms with van der Waals surface area (Å²) < 4.78 is 0. The van der Waals surface area contributed by atoms with Crippen LogP contribution < -0.4 is 0 Å². The van der Waals surface area contributed by atoms with Gasteiger partial charge in [-0.2, -0.15) is 0 Å². The number of piperidine rings is 1. The van der Waals surface area contributed by atoms with E-state index in [2.05, 4.69) is 4.90 Å². The lowest BCUT2D eigenvalue weighted by molar-refractivity contribution is -0.384. The number of nitrogens with zero attached hydrogens (tertiary/aromatic N) is 2. The molecule has 0 N–H and O–H groups in total. The smallest absolute Gasteiger partial charge is 0.269 e. The van der Waals surface area contributed by atoms with E-state index in [0.29, 0.717) is 12.0 Å². The fourth-order valence-corrected chi connectivity index (χ4v) is 2.36. The third-order valence-corrected chi connectivity index (χ3v) is 3.50. The van der Waals surface area contributed by atoms with Crippen molar-refractivity contribution in [1.82, 2.24) is 4.90 Å². The summed E-state index contributed by atoms with van der Waals surface area (Å²) in [4.78, 5) is 24.4. The number of halogens is 1. The van der Waals surface area contributed by atoms with Crippen LogP contribution in [0.4, 0.5) is 5.69 Å². The van der Waals surface area contributed by atoms with E-state index in [9.17, 15) is 14.9 Å². The quantitative estimate of drug-likeness (QED) is 0.476. The molecule has 110 valence electrons. The topological polar surface area (TPSA) is 63.5 Å². The van der Waals surface area contributed by atoms with Crippen molar-refractivity contribution in [3.63, 3.8) is 0 Å². The lowest BCUT2D eigenvalue weighted by Gasteiger charge is -2.25. The molecule has 1 aliphatic heterocycles. The second kappa shape index (κ2) is 7.97. The lowest BCUT2D eigenvalue weighted by Crippen LogP contribution is -2.31. The van der Waals surface area contributed by atoms with E-state index in [1.165, 1.54) is 43.5 Å². The minimum atomic E-state index is -0.456. The minimum Gasteiger partial charge on any atom is -0.303 e. The molecule has 1 aromatic rings. The first kappa shape index (κ1) is 16.6. The Labute approximate surface area is 124 Å². The highest BCUT2D eigenvalue weighted by Gasteiger charge is 2.13. The van der Waals surface area contributed by atoms with Crippen LogP contribution in [0.1, 0.15) is 36.0 Å². The van der Waals surface area contributed by atoms with Gasteiger partial charge in [-0.1, -0.05) is 6.42 Å². The summed E-state index contributed by atoms with van der Waals surface area (Å²) in [6, 6.07) is 5.84. The number of benzene rings is 1. The van der Waals surface area contributed by atoms with E-state index in [4.69, 9.17) is 0 Å². The number of non-ortho nitro benzene ring substituents is 1. The average molecular weight is 299 g/mol. The Bertz CT molecular complexity index is 456. The molecule has 1 aliphatic rings. The number of hydrogen-bond donors (Lipinski definition) is 0. The van der Waals surface area contributed by atoms with Gasteiger partial charge in [-0.3, -0.25) is 14.9 Å². The number of carbonyl (C=O) groups is 1. The van der Waals surface area contributed by atoms with Crippen molar-refractivity contribution in [2.24, 2.45) is 0 Å². The maximum absolute atomic E-state index is 12.0. The van der Waals surface area contributed by atoms with Crippen molar-refractivity contribution in [2.75, 3.05) is 19.6 Å². The first-order valence-electron chi connectivity index (χ1n) is 6.67. The molecule has 1 aromatic carbocycles. The van der Waals surface area contributed by atoms with E-state index >= 15 is 0 Å². The molecule has 0 unspecified atom stereocenters. The van der Waals surface area contributed by atoms with E-state index in [0.717, 1.165) is 19.6 Å². The number of nitro groups is 1. The molecule has 5 nitrogen and oxygen atoms in total. The highest BCUT2D eigenvalue weighted by molar-refractivity contribution is 5.96. The lowest BCUT2D eigenvalue weighted by atomic mass is 10.1. The molecular weight excluding hydrogens is 280 g/mol. The summed E-state index contributed by atoms with van der Waals surface area (Å²) in [6.45, 7) is 2.94. The van der Waals surface area contributed by atoms with E-state index in [1.807, 2.05) is 0 Å². The molecule has 0 aliphatic carbocycles. The average Bonchev–Trinajstić information content (AvgIpc) is 2.46. The summed E-state index contributed by atoms with van der Waals surface area (Å²) in [5.74, 6) is 0.0560. The zero-order valence-corrected chi connectivity index (χ0v) is 12.1. The van der Waals surface area contributed by atoms with Gasteiger partial charge < -0.3 is 4.90 Å². The number of rotatable bonds is 5. The van der Waals surface area contributed by atoms with Crippen LogP contribution in [0.15, 0.2) is 24.3 Å². The zero-order chi connectivity index (χ0) is 13.7. The van der Waals surface area contributed by atoms with Crippen LogP contribution in [0, 0.1) is 10.1 Å². The van der Waals surface area contributed by atoms with Crippen LogP contribution in [0.2, 0.25) is 0 Å². The van der Waals surface area contributed by atoms with Gasteiger partial charge in [0.25, 0.3) is 5.69 Å². The van der Waals surface area contributed by atoms with Gasteiger partial charge in [0, 0.05) is 30.7 Å². The van der Waals surface area contributed by atoms with Gasteiger partial charge in [0.2, 0.25) is 0 Å². The standard InChI is InChI=1S/C14H18N2O3.ClH/c17-14(8-11-15-9-2-1-3-10-15)12-4-6-13(7-5-12)16(18)19;/h4-7H,1-3,8-11H2;1H. The molecule has 0 radical (unpaired) electrons. The molecule has 2 rings (SSSR count). The molecular formula is C14H19ClN2O3. The third kappa shape index (κ3) is 4.58. The first-order valence-corrected chi connectivity index (χ1v) is 6.67. The largest absolute Gasteiger partial charge is 0.303 e. The van der Waals surface area contributed by atoms with Crippen LogP contribution in [0.25, 0.3) is 0 Å². The normalized spacial score (nSPS) is 15.4. The fourth-order valence-electron chi connectivity index (χ4n) is 2.36. The van der Waals surface area contributed by atoms with Gasteiger partial charge in [-0.25, -0.2) is 0 Å². The molecule has 0 saturated carbocycles. The molecule has 1 heterocycles. The Hall–Kier alpha value is -1.46. The summed E-state index contributed by atoms with van der Waals surface area (Å²) >= 11 is 0. The summed E-state index contributed by atoms with van der Waals surface area (Å²) in [6.07, 6.45) is 4.20. The molecule has 0 aromatic heterocycles. The molecule has 1 fully saturated rings. The molecule has 1 saturated heterocycles. The number of hydrogen-bond acceptors (Lipinski definition) is 4. The van der Waals surface area contributed by atoms with Crippen LogP contribution in [0.5, 0.6) is 0 Å². The predicted octanol–water partition coefficient (Wildman–Crippen LogP) is 3.08. The van der Waals surface area contributed by atoms with Gasteiger partial charge in [-0.05, 0) is 38.1 Å². The van der Waals surface area contributed by atoms with Crippen molar-refractivity contribution in [3.05, 3.63) is 39.9 Å². The highest BCUT2D eigenvalue weighted by Crippen LogP contribution is 2.14. The number of nitro benzene ring substituents is 1. The maximum Gasteiger partial charge on any atom is 0.269 e. The fraction of sp³-hybridized carbons (Fsp3) is 0.500. The van der Waals surface area contributed by atoms with Crippen LogP contribution in [-0.2, 0) is 0 Å². The molecule has 0 spiro atoms. The number of likely N-dealkylation sites (tertiary alicyclic amines) is 1. The predicted molar refractivity (Wildman–Crippen MR) is 79.6 cm³/mol. The van der Waals surface area contributed by atoms with Crippen LogP contribution in [-0.4, -0.2) is 35.2 Å². The Balaban J connectivity index is 0.00000200. The van der Waals surface area contributed by atoms with Crippen LogP contribution >= 0.6 is 12.4 Å². The van der Waals surface area contributed by atoms with Crippen LogP contribution in [0.3, 0.4) is 0 Å². The van der Waals surface area contributed by atoms with E-state index < -0.39 is 4.92 Å². The zero-order valence-electron chi connectivity index (χ0n) is 11.3. The number of Topliss-reactive ketones (excluding diaryl/α,β-unsaturated/α-hetero) is 1. The summed E-state index contributed by atoms with van der Waals surface area (Å²) in [5, 5.41) is 10.5. The monoisotopic (exact) mass is 298 g/mol. The highest BCUT2D eigenvalue weighted by atomic mass is 35.5. The van der Waals surface area contributed by atoms with Crippen molar-refractivity contribution >= 4 is 23.9 Å². The van der Waals surface area contributed by atoms with Gasteiger partial charge in [-0.15, -0.1) is 12.4 Å². The second-order valence-electron chi connectivity index (χ2n) is 4.88. The molecule has 0 atom stereocenters. The Morgan fingerprint density at radius 1 is 1.15 bits per heavy atom. The van der Waals surface area contributed by atoms with Crippen molar-refractivity contribution < 1.29 is 9.72 Å². The number of carbonyl (C=O) groups excluding carboxylic acids is 1. The Morgan fingerprint density at radius 3 is 2.30 bits per heavy atom. The first-order chi connectivity index (χ1) is 9.16. The van der Waals surface area contributed by atoms with Gasteiger partial charge in [0.15, 0.2) is 5.78 Å². The summed E-state index contributed by atoms with van der Waals surface area (Å²) in [5.41, 5.74) is 0.579. The summed E-state index contributed by atoms with van der Waals surface area (Å²) in [7, 11) is 0. The molecule has 0 amide bonds. The van der Waals surface area contributed by atoms with Gasteiger partial charge in [0.05, 0.1) is 4.92 Å². The van der Waals surface area contributed by atoms with Gasteiger partial charge in [0.1, 0.15) is 0 Å². The van der Waals surface area contributed by atoms with E-state index in [-0.39, 0.29) is 23.9 Å². The minimum absolute atomic E-state index is 0. The molecule has 20 heavy (non-hydrogen) atoms. The Morgan fingerprint density at radius 2 is 1.75 bits per heavy atom. The SMILES string of the molecule is Cl.O=C(CCN1CCCCC1)c1ccc([N+](=O)[O-])cc1. The van der Waals surface area contributed by atoms with E-state index in [1.54, 1.807) is 0 Å². The Kier molecular flexibility index (Phi) is 6.61.